The first kappa shape index (κ1) is 18.7. The summed E-state index contributed by atoms with van der Waals surface area (Å²) in [6.45, 7) is 5.15. The molecule has 7 nitrogen and oxygen atoms in total. The molecule has 1 heterocycles. The predicted octanol–water partition coefficient (Wildman–Crippen LogP) is 0.876. The molecule has 1 aliphatic rings. The number of amides is 1. The van der Waals surface area contributed by atoms with Gasteiger partial charge in [-0.1, -0.05) is 6.07 Å². The number of ether oxygens (including phenoxy) is 1. The van der Waals surface area contributed by atoms with E-state index in [0.29, 0.717) is 37.5 Å². The minimum absolute atomic E-state index is 0.119. The third kappa shape index (κ3) is 3.55. The van der Waals surface area contributed by atoms with Gasteiger partial charge in [0.25, 0.3) is 16.1 Å². The first-order valence-corrected chi connectivity index (χ1v) is 9.20. The average Bonchev–Trinajstić information content (AvgIpc) is 2.53. The van der Waals surface area contributed by atoms with Crippen LogP contribution in [-0.4, -0.2) is 75.2 Å². The van der Waals surface area contributed by atoms with Crippen molar-refractivity contribution >= 4 is 16.1 Å². The van der Waals surface area contributed by atoms with E-state index in [2.05, 4.69) is 0 Å². The van der Waals surface area contributed by atoms with Gasteiger partial charge >= 0.3 is 0 Å². The smallest absolute Gasteiger partial charge is 0.281 e. The van der Waals surface area contributed by atoms with Crippen LogP contribution in [0, 0.1) is 13.8 Å². The summed E-state index contributed by atoms with van der Waals surface area (Å²) in [5.41, 5.74) is 2.44. The minimum atomic E-state index is -3.44. The van der Waals surface area contributed by atoms with E-state index >= 15 is 0 Å². The number of piperazine rings is 1. The van der Waals surface area contributed by atoms with Crippen LogP contribution in [0.1, 0.15) is 21.5 Å². The number of aryl methyl sites for hydroxylation is 2. The number of nitrogens with zero attached hydrogens (tertiary/aromatic N) is 3. The van der Waals surface area contributed by atoms with E-state index in [1.807, 2.05) is 26.0 Å². The van der Waals surface area contributed by atoms with Gasteiger partial charge < -0.3 is 9.64 Å². The number of rotatable bonds is 4. The Labute approximate surface area is 144 Å². The van der Waals surface area contributed by atoms with Gasteiger partial charge in [-0.2, -0.15) is 17.0 Å². The monoisotopic (exact) mass is 355 g/mol. The zero-order valence-corrected chi connectivity index (χ0v) is 15.7. The summed E-state index contributed by atoms with van der Waals surface area (Å²) in [6.07, 6.45) is 0. The molecule has 8 heteroatoms. The molecule has 0 unspecified atom stereocenters. The van der Waals surface area contributed by atoms with Crippen molar-refractivity contribution in [1.29, 1.82) is 0 Å². The Morgan fingerprint density at radius 1 is 1.12 bits per heavy atom. The Balaban J connectivity index is 2.17. The van der Waals surface area contributed by atoms with Crippen LogP contribution in [0.3, 0.4) is 0 Å². The Hall–Kier alpha value is -1.64. The predicted molar refractivity (Wildman–Crippen MR) is 92.6 cm³/mol. The largest absolute Gasteiger partial charge is 0.496 e. The van der Waals surface area contributed by atoms with Crippen LogP contribution in [-0.2, 0) is 10.2 Å². The molecule has 1 aromatic carbocycles. The Bertz CT molecular complexity index is 723. The number of hydrogen-bond donors (Lipinski definition) is 0. The Morgan fingerprint density at radius 2 is 1.71 bits per heavy atom. The molecule has 1 saturated heterocycles. The Morgan fingerprint density at radius 3 is 2.21 bits per heavy atom. The summed E-state index contributed by atoms with van der Waals surface area (Å²) >= 11 is 0. The highest BCUT2D eigenvalue weighted by Crippen LogP contribution is 2.26. The summed E-state index contributed by atoms with van der Waals surface area (Å²) in [4.78, 5) is 14.6. The topological polar surface area (TPSA) is 70.2 Å². The molecule has 0 saturated carbocycles. The highest BCUT2D eigenvalue weighted by Gasteiger charge is 2.31. The van der Waals surface area contributed by atoms with Gasteiger partial charge in [-0.25, -0.2) is 0 Å². The fraction of sp³-hybridized carbons (Fsp3) is 0.562. The molecule has 0 aromatic heterocycles. The summed E-state index contributed by atoms with van der Waals surface area (Å²) in [7, 11) is 1.13. The number of hydrogen-bond acceptors (Lipinski definition) is 4. The first-order chi connectivity index (χ1) is 11.2. The van der Waals surface area contributed by atoms with Gasteiger partial charge in [-0.15, -0.1) is 0 Å². The summed E-state index contributed by atoms with van der Waals surface area (Å²) in [6, 6.07) is 3.79. The van der Waals surface area contributed by atoms with Crippen LogP contribution in [0.25, 0.3) is 0 Å². The highest BCUT2D eigenvalue weighted by atomic mass is 32.2. The van der Waals surface area contributed by atoms with E-state index < -0.39 is 10.2 Å². The molecule has 2 rings (SSSR count). The lowest BCUT2D eigenvalue weighted by atomic mass is 10.0. The second-order valence-corrected chi connectivity index (χ2v) is 8.28. The fourth-order valence-electron chi connectivity index (χ4n) is 2.87. The van der Waals surface area contributed by atoms with Gasteiger partial charge in [0, 0.05) is 40.3 Å². The average molecular weight is 355 g/mol. The van der Waals surface area contributed by atoms with E-state index in [4.69, 9.17) is 4.74 Å². The summed E-state index contributed by atoms with van der Waals surface area (Å²) < 4.78 is 32.3. The first-order valence-electron chi connectivity index (χ1n) is 7.80. The standard InChI is InChI=1S/C16H25N3O4S/c1-12-10-13(2)15(14(11-12)23-5)16(20)18-6-8-19(9-7-18)24(21,22)17(3)4/h10-11H,6-9H2,1-5H3. The quantitative estimate of drug-likeness (QED) is 0.804. The molecule has 0 aliphatic carbocycles. The SMILES string of the molecule is COc1cc(C)cc(C)c1C(=O)N1CCN(S(=O)(=O)N(C)C)CC1. The maximum atomic E-state index is 12.9. The van der Waals surface area contributed by atoms with Gasteiger partial charge in [0.15, 0.2) is 0 Å². The van der Waals surface area contributed by atoms with Gasteiger partial charge in [-0.05, 0) is 31.0 Å². The highest BCUT2D eigenvalue weighted by molar-refractivity contribution is 7.86. The van der Waals surface area contributed by atoms with E-state index in [0.717, 1.165) is 11.1 Å². The molecule has 24 heavy (non-hydrogen) atoms. The molecule has 1 amide bonds. The van der Waals surface area contributed by atoms with E-state index in [9.17, 15) is 13.2 Å². The van der Waals surface area contributed by atoms with Gasteiger partial charge in [0.1, 0.15) is 5.75 Å². The van der Waals surface area contributed by atoms with Crippen LogP contribution >= 0.6 is 0 Å². The lowest BCUT2D eigenvalue weighted by Crippen LogP contribution is -2.53. The summed E-state index contributed by atoms with van der Waals surface area (Å²) in [5.74, 6) is 0.437. The van der Waals surface area contributed by atoms with Gasteiger partial charge in [-0.3, -0.25) is 4.79 Å². The zero-order valence-electron chi connectivity index (χ0n) is 14.9. The molecule has 0 spiro atoms. The van der Waals surface area contributed by atoms with Crippen molar-refractivity contribution in [2.24, 2.45) is 0 Å². The van der Waals surface area contributed by atoms with Crippen LogP contribution in [0.15, 0.2) is 12.1 Å². The van der Waals surface area contributed by atoms with E-state index in [1.165, 1.54) is 22.7 Å². The van der Waals surface area contributed by atoms with Crippen LogP contribution in [0.2, 0.25) is 0 Å². The van der Waals surface area contributed by atoms with Crippen molar-refractivity contribution in [2.45, 2.75) is 13.8 Å². The normalized spacial score (nSPS) is 16.5. The van der Waals surface area contributed by atoms with Crippen molar-refractivity contribution in [1.82, 2.24) is 13.5 Å². The molecule has 0 N–H and O–H groups in total. The minimum Gasteiger partial charge on any atom is -0.496 e. The van der Waals surface area contributed by atoms with Crippen LogP contribution < -0.4 is 4.74 Å². The number of carbonyl (C=O) groups excluding carboxylic acids is 1. The lowest BCUT2D eigenvalue weighted by molar-refractivity contribution is 0.0691. The molecule has 1 fully saturated rings. The molecule has 134 valence electrons. The summed E-state index contributed by atoms with van der Waals surface area (Å²) in [5, 5.41) is 0. The van der Waals surface area contributed by atoms with E-state index in [-0.39, 0.29) is 5.91 Å². The van der Waals surface area contributed by atoms with Crippen LogP contribution in [0.5, 0.6) is 5.75 Å². The number of methoxy groups -OCH3 is 1. The van der Waals surface area contributed by atoms with Crippen molar-refractivity contribution in [3.63, 3.8) is 0 Å². The maximum absolute atomic E-state index is 12.9. The second-order valence-electron chi connectivity index (χ2n) is 6.14. The van der Waals surface area contributed by atoms with Gasteiger partial charge in [0.05, 0.1) is 12.7 Å². The van der Waals surface area contributed by atoms with Gasteiger partial charge in [0.2, 0.25) is 0 Å². The van der Waals surface area contributed by atoms with E-state index in [1.54, 1.807) is 12.0 Å². The number of benzene rings is 1. The van der Waals surface area contributed by atoms with Crippen molar-refractivity contribution < 1.29 is 17.9 Å². The zero-order chi connectivity index (χ0) is 18.1. The molecular weight excluding hydrogens is 330 g/mol. The third-order valence-corrected chi connectivity index (χ3v) is 6.13. The molecule has 0 radical (unpaired) electrons. The van der Waals surface area contributed by atoms with Crippen molar-refractivity contribution in [3.05, 3.63) is 28.8 Å². The molecule has 0 bridgehead atoms. The fourth-order valence-corrected chi connectivity index (χ4v) is 3.96. The molecule has 1 aliphatic heterocycles. The number of carbonyl (C=O) groups is 1. The van der Waals surface area contributed by atoms with Crippen LogP contribution in [0.4, 0.5) is 0 Å². The third-order valence-electron chi connectivity index (χ3n) is 4.19. The second kappa shape index (κ2) is 7.08. The molecular formula is C16H25N3O4S. The maximum Gasteiger partial charge on any atom is 0.281 e. The van der Waals surface area contributed by atoms with Crippen molar-refractivity contribution in [2.75, 3.05) is 47.4 Å². The lowest BCUT2D eigenvalue weighted by Gasteiger charge is -2.35. The molecule has 0 atom stereocenters. The van der Waals surface area contributed by atoms with Crippen molar-refractivity contribution in [3.8, 4) is 5.75 Å². The Kier molecular flexibility index (Phi) is 5.52. The molecule has 1 aromatic rings.